The molecular weight excluding hydrogens is 433 g/mol. The van der Waals surface area contributed by atoms with Gasteiger partial charge >= 0.3 is 6.03 Å². The Balaban J connectivity index is 1.51. The van der Waals surface area contributed by atoms with E-state index in [1.165, 1.54) is 12.1 Å². The number of carbonyl (C=O) groups is 1. The van der Waals surface area contributed by atoms with Crippen LogP contribution in [0.5, 0.6) is 0 Å². The van der Waals surface area contributed by atoms with Gasteiger partial charge in [0.2, 0.25) is 5.96 Å². The molecule has 1 aliphatic rings. The van der Waals surface area contributed by atoms with Gasteiger partial charge in [0.1, 0.15) is 5.82 Å². The van der Waals surface area contributed by atoms with Crippen LogP contribution in [-0.2, 0) is 0 Å². The maximum atomic E-state index is 13.3. The number of hydrogen-bond donors (Lipinski definition) is 2. The monoisotopic (exact) mass is 461 g/mol. The van der Waals surface area contributed by atoms with Gasteiger partial charge in [0.05, 0.1) is 0 Å². The largest absolute Gasteiger partial charge is 0.368 e. The molecule has 9 heteroatoms. The van der Waals surface area contributed by atoms with E-state index in [1.807, 2.05) is 56.0 Å². The van der Waals surface area contributed by atoms with E-state index in [1.54, 1.807) is 12.1 Å². The van der Waals surface area contributed by atoms with Gasteiger partial charge in [0.25, 0.3) is 5.95 Å². The van der Waals surface area contributed by atoms with Crippen molar-refractivity contribution in [2.45, 2.75) is 20.8 Å². The number of hydrogen-bond acceptors (Lipinski definition) is 5. The highest BCUT2D eigenvalue weighted by molar-refractivity contribution is 6.03. The van der Waals surface area contributed by atoms with Gasteiger partial charge in [-0.05, 0) is 63.2 Å². The van der Waals surface area contributed by atoms with Crippen molar-refractivity contribution in [2.75, 3.05) is 36.4 Å². The first-order valence-corrected chi connectivity index (χ1v) is 11.2. The molecule has 0 aliphatic carbocycles. The van der Waals surface area contributed by atoms with Crippen LogP contribution >= 0.6 is 0 Å². The third-order valence-corrected chi connectivity index (χ3v) is 5.48. The van der Waals surface area contributed by atoms with E-state index in [0.29, 0.717) is 43.8 Å². The molecule has 2 amide bonds. The van der Waals surface area contributed by atoms with E-state index in [0.717, 1.165) is 22.6 Å². The summed E-state index contributed by atoms with van der Waals surface area (Å²) in [6, 6.07) is 15.5. The van der Waals surface area contributed by atoms with Crippen molar-refractivity contribution in [2.24, 2.45) is 4.99 Å². The topological polar surface area (TPSA) is 85.7 Å². The molecule has 1 saturated heterocycles. The number of benzene rings is 2. The summed E-state index contributed by atoms with van der Waals surface area (Å²) in [6.07, 6.45) is 0. The summed E-state index contributed by atoms with van der Waals surface area (Å²) in [7, 11) is 0. The number of aryl methyl sites for hydroxylation is 3. The molecular formula is C25H28FN7O. The first kappa shape index (κ1) is 23.2. The highest BCUT2D eigenvalue weighted by Gasteiger charge is 2.22. The molecule has 34 heavy (non-hydrogen) atoms. The fourth-order valence-corrected chi connectivity index (χ4v) is 3.76. The molecule has 0 saturated carbocycles. The number of guanidine groups is 1. The second-order valence-corrected chi connectivity index (χ2v) is 8.28. The number of carbonyl (C=O) groups excluding carboxylic acids is 1. The number of nitrogens with one attached hydrogen (secondary N) is 2. The molecule has 2 heterocycles. The lowest BCUT2D eigenvalue weighted by atomic mass is 10.2. The van der Waals surface area contributed by atoms with Gasteiger partial charge in [-0.1, -0.05) is 17.7 Å². The van der Waals surface area contributed by atoms with Crippen LogP contribution in [0.3, 0.4) is 0 Å². The van der Waals surface area contributed by atoms with Crippen molar-refractivity contribution in [1.29, 1.82) is 0 Å². The lowest BCUT2D eigenvalue weighted by Gasteiger charge is -2.37. The summed E-state index contributed by atoms with van der Waals surface area (Å²) in [5, 5.41) is 5.72. The van der Waals surface area contributed by atoms with Crippen molar-refractivity contribution in [3.63, 3.8) is 0 Å². The molecule has 1 fully saturated rings. The average molecular weight is 462 g/mol. The summed E-state index contributed by atoms with van der Waals surface area (Å²) in [5.41, 5.74) is 4.36. The molecule has 8 nitrogen and oxygen atoms in total. The first-order chi connectivity index (χ1) is 16.4. The zero-order valence-corrected chi connectivity index (χ0v) is 19.5. The normalized spacial score (nSPS) is 14.2. The third kappa shape index (κ3) is 6.06. The van der Waals surface area contributed by atoms with E-state index < -0.39 is 6.03 Å². The number of aromatic nitrogens is 2. The highest BCUT2D eigenvalue weighted by Crippen LogP contribution is 2.18. The minimum atomic E-state index is -0.395. The van der Waals surface area contributed by atoms with Crippen molar-refractivity contribution >= 4 is 29.3 Å². The number of piperazine rings is 1. The fourth-order valence-electron chi connectivity index (χ4n) is 3.76. The molecule has 1 aromatic heterocycles. The Labute approximate surface area is 198 Å². The number of urea groups is 1. The van der Waals surface area contributed by atoms with Crippen LogP contribution in [0, 0.1) is 26.6 Å². The minimum absolute atomic E-state index is 0.256. The summed E-state index contributed by atoms with van der Waals surface area (Å²) in [6.45, 7) is 8.37. The summed E-state index contributed by atoms with van der Waals surface area (Å²) >= 11 is 0. The van der Waals surface area contributed by atoms with Crippen molar-refractivity contribution in [3.8, 4) is 0 Å². The Kier molecular flexibility index (Phi) is 7.01. The molecule has 4 rings (SSSR count). The van der Waals surface area contributed by atoms with Crippen LogP contribution in [0.1, 0.15) is 17.0 Å². The molecule has 176 valence electrons. The summed E-state index contributed by atoms with van der Waals surface area (Å²) in [5.74, 6) is 0.423. The van der Waals surface area contributed by atoms with Crippen LogP contribution in [0.2, 0.25) is 0 Å². The Bertz CT molecular complexity index is 1150. The number of halogens is 1. The van der Waals surface area contributed by atoms with Crippen LogP contribution in [0.15, 0.2) is 59.6 Å². The zero-order valence-electron chi connectivity index (χ0n) is 19.5. The Morgan fingerprint density at radius 1 is 0.912 bits per heavy atom. The summed E-state index contributed by atoms with van der Waals surface area (Å²) < 4.78 is 13.3. The minimum Gasteiger partial charge on any atom is -0.368 e. The Morgan fingerprint density at radius 3 is 2.15 bits per heavy atom. The first-order valence-electron chi connectivity index (χ1n) is 11.2. The Morgan fingerprint density at radius 2 is 1.53 bits per heavy atom. The molecule has 0 spiro atoms. The SMILES string of the molecule is Cc1ccc(NC(=O)N/C(=N\c2nc(C)cc(C)n2)N2CCN(c3ccc(F)cc3)CC2)cc1. The predicted molar refractivity (Wildman–Crippen MR) is 132 cm³/mol. The van der Waals surface area contributed by atoms with Crippen LogP contribution in [0.4, 0.5) is 26.5 Å². The fraction of sp³-hybridized carbons (Fsp3) is 0.280. The van der Waals surface area contributed by atoms with Gasteiger partial charge in [0.15, 0.2) is 0 Å². The van der Waals surface area contributed by atoms with Crippen LogP contribution in [-0.4, -0.2) is 53.0 Å². The van der Waals surface area contributed by atoms with Crippen molar-refractivity contribution in [1.82, 2.24) is 20.2 Å². The molecule has 0 radical (unpaired) electrons. The number of amides is 2. The maximum Gasteiger partial charge on any atom is 0.326 e. The van der Waals surface area contributed by atoms with Gasteiger partial charge < -0.3 is 15.1 Å². The quantitative estimate of drug-likeness (QED) is 0.452. The second-order valence-electron chi connectivity index (χ2n) is 8.28. The molecule has 2 N–H and O–H groups in total. The number of anilines is 2. The molecule has 1 aliphatic heterocycles. The average Bonchev–Trinajstić information content (AvgIpc) is 2.80. The summed E-state index contributed by atoms with van der Waals surface area (Å²) in [4.78, 5) is 30.3. The lowest BCUT2D eigenvalue weighted by Crippen LogP contribution is -2.54. The maximum absolute atomic E-state index is 13.3. The van der Waals surface area contributed by atoms with Gasteiger partial charge in [0, 0.05) is 48.9 Å². The molecule has 2 aromatic carbocycles. The van der Waals surface area contributed by atoms with E-state index in [-0.39, 0.29) is 5.82 Å². The molecule has 3 aromatic rings. The molecule has 0 unspecified atom stereocenters. The third-order valence-electron chi connectivity index (χ3n) is 5.48. The van der Waals surface area contributed by atoms with E-state index >= 15 is 0 Å². The smallest absolute Gasteiger partial charge is 0.326 e. The van der Waals surface area contributed by atoms with E-state index in [2.05, 4.69) is 30.5 Å². The zero-order chi connectivity index (χ0) is 24.1. The standard InChI is InChI=1S/C25H28FN7O/c1-17-4-8-21(9-5-17)29-25(34)31-24(30-23-27-18(2)16-19(3)28-23)33-14-12-32(13-15-33)22-10-6-20(26)7-11-22/h4-11,16H,12-15H2,1-3H3,(H2,27,28,29,30,31,34). The van der Waals surface area contributed by atoms with Gasteiger partial charge in [-0.2, -0.15) is 4.99 Å². The van der Waals surface area contributed by atoms with Gasteiger partial charge in [-0.25, -0.2) is 19.2 Å². The van der Waals surface area contributed by atoms with Crippen molar-refractivity contribution in [3.05, 3.63) is 77.4 Å². The van der Waals surface area contributed by atoms with E-state index in [9.17, 15) is 9.18 Å². The number of rotatable bonds is 3. The van der Waals surface area contributed by atoms with E-state index in [4.69, 9.17) is 0 Å². The molecule has 0 bridgehead atoms. The van der Waals surface area contributed by atoms with Crippen LogP contribution < -0.4 is 15.5 Å². The van der Waals surface area contributed by atoms with Crippen molar-refractivity contribution < 1.29 is 9.18 Å². The number of nitrogens with zero attached hydrogens (tertiary/aromatic N) is 5. The van der Waals surface area contributed by atoms with Gasteiger partial charge in [-0.15, -0.1) is 0 Å². The Hall–Kier alpha value is -4.01. The van der Waals surface area contributed by atoms with Crippen LogP contribution in [0.25, 0.3) is 0 Å². The lowest BCUT2D eigenvalue weighted by molar-refractivity contribution is 0.254. The molecule has 0 atom stereocenters. The predicted octanol–water partition coefficient (Wildman–Crippen LogP) is 4.17. The van der Waals surface area contributed by atoms with Gasteiger partial charge in [-0.3, -0.25) is 5.32 Å². The number of aliphatic imine (C=N–C) groups is 1. The second kappa shape index (κ2) is 10.3. The highest BCUT2D eigenvalue weighted by atomic mass is 19.1.